The lowest BCUT2D eigenvalue weighted by Gasteiger charge is -2.28. The fourth-order valence-electron chi connectivity index (χ4n) is 2.40. The second kappa shape index (κ2) is 5.85. The van der Waals surface area contributed by atoms with Crippen LogP contribution in [0.3, 0.4) is 0 Å². The molecule has 104 valence electrons. The molecule has 0 spiro atoms. The van der Waals surface area contributed by atoms with Crippen LogP contribution < -0.4 is 0 Å². The van der Waals surface area contributed by atoms with E-state index in [0.717, 1.165) is 25.7 Å². The van der Waals surface area contributed by atoms with Gasteiger partial charge in [0.25, 0.3) is 0 Å². The number of carbonyl (C=O) groups is 2. The number of esters is 1. The van der Waals surface area contributed by atoms with Crippen LogP contribution in [0.2, 0.25) is 0 Å². The van der Waals surface area contributed by atoms with E-state index in [-0.39, 0.29) is 17.7 Å². The zero-order valence-electron chi connectivity index (χ0n) is 12.3. The first-order chi connectivity index (χ1) is 8.20. The molecule has 0 amide bonds. The fraction of sp³-hybridized carbons (Fsp3) is 0.867. The van der Waals surface area contributed by atoms with Crippen LogP contribution in [0.1, 0.15) is 60.3 Å². The summed E-state index contributed by atoms with van der Waals surface area (Å²) in [5, 5.41) is 0. The lowest BCUT2D eigenvalue weighted by Crippen LogP contribution is -2.35. The zero-order chi connectivity index (χ0) is 13.9. The van der Waals surface area contributed by atoms with Crippen LogP contribution in [-0.4, -0.2) is 17.4 Å². The number of ketones is 1. The molecule has 0 aromatic carbocycles. The second-order valence-corrected chi connectivity index (χ2v) is 6.61. The van der Waals surface area contributed by atoms with Crippen molar-refractivity contribution in [3.05, 3.63) is 0 Å². The molecule has 1 fully saturated rings. The van der Waals surface area contributed by atoms with Crippen LogP contribution in [0.4, 0.5) is 0 Å². The summed E-state index contributed by atoms with van der Waals surface area (Å²) in [4.78, 5) is 24.1. The van der Waals surface area contributed by atoms with Crippen LogP contribution in [0.5, 0.6) is 0 Å². The third-order valence-corrected chi connectivity index (χ3v) is 3.61. The first kappa shape index (κ1) is 15.2. The molecule has 0 bridgehead atoms. The Bertz CT molecular complexity index is 306. The van der Waals surface area contributed by atoms with Gasteiger partial charge in [0.2, 0.25) is 0 Å². The van der Waals surface area contributed by atoms with Gasteiger partial charge in [0, 0.05) is 5.92 Å². The van der Waals surface area contributed by atoms with Crippen molar-refractivity contribution in [1.29, 1.82) is 0 Å². The first-order valence-corrected chi connectivity index (χ1v) is 6.97. The molecule has 0 N–H and O–H groups in total. The number of Topliss-reactive ketones (excluding diaryl/α,β-unsaturated/α-hetero) is 1. The van der Waals surface area contributed by atoms with Crippen molar-refractivity contribution in [2.24, 2.45) is 17.8 Å². The molecule has 3 heteroatoms. The second-order valence-electron chi connectivity index (χ2n) is 6.61. The molecule has 0 aromatic rings. The highest BCUT2D eigenvalue weighted by atomic mass is 16.6. The number of hydrogen-bond acceptors (Lipinski definition) is 3. The maximum atomic E-state index is 12.2. The van der Waals surface area contributed by atoms with Crippen molar-refractivity contribution in [1.82, 2.24) is 0 Å². The summed E-state index contributed by atoms with van der Waals surface area (Å²) in [7, 11) is 0. The van der Waals surface area contributed by atoms with E-state index < -0.39 is 11.5 Å². The summed E-state index contributed by atoms with van der Waals surface area (Å²) >= 11 is 0. The summed E-state index contributed by atoms with van der Waals surface area (Å²) in [6.07, 6.45) is 4.04. The zero-order valence-corrected chi connectivity index (χ0v) is 12.3. The first-order valence-electron chi connectivity index (χ1n) is 6.97. The van der Waals surface area contributed by atoms with Gasteiger partial charge in [-0.1, -0.05) is 19.8 Å². The van der Waals surface area contributed by atoms with Gasteiger partial charge in [0.05, 0.1) is 0 Å². The summed E-state index contributed by atoms with van der Waals surface area (Å²) in [6, 6.07) is 0. The highest BCUT2D eigenvalue weighted by molar-refractivity contribution is 5.99. The number of carbonyl (C=O) groups excluding carboxylic acids is 2. The minimum absolute atomic E-state index is 0.0590. The van der Waals surface area contributed by atoms with Gasteiger partial charge in [-0.25, -0.2) is 0 Å². The van der Waals surface area contributed by atoms with Gasteiger partial charge in [-0.15, -0.1) is 0 Å². The van der Waals surface area contributed by atoms with Crippen LogP contribution in [0, 0.1) is 17.8 Å². The molecule has 1 rings (SSSR count). The number of ether oxygens (including phenoxy) is 1. The SMILES string of the molecule is CC1CCC(C(=O)C(C)C(=O)OC(C)(C)C)CC1. The molecule has 1 aliphatic rings. The van der Waals surface area contributed by atoms with Gasteiger partial charge in [-0.05, 0) is 46.5 Å². The van der Waals surface area contributed by atoms with Crippen molar-refractivity contribution < 1.29 is 14.3 Å². The van der Waals surface area contributed by atoms with Crippen LogP contribution in [-0.2, 0) is 14.3 Å². The Morgan fingerprint density at radius 2 is 1.61 bits per heavy atom. The number of hydrogen-bond donors (Lipinski definition) is 0. The highest BCUT2D eigenvalue weighted by Gasteiger charge is 2.33. The normalized spacial score (nSPS) is 26.5. The van der Waals surface area contributed by atoms with Crippen LogP contribution in [0.15, 0.2) is 0 Å². The Balaban J connectivity index is 2.53. The monoisotopic (exact) mass is 254 g/mol. The Labute approximate surface area is 110 Å². The topological polar surface area (TPSA) is 43.4 Å². The molecule has 1 atom stereocenters. The maximum absolute atomic E-state index is 12.2. The van der Waals surface area contributed by atoms with E-state index in [0.29, 0.717) is 5.92 Å². The molecule has 1 unspecified atom stereocenters. The maximum Gasteiger partial charge on any atom is 0.316 e. The van der Waals surface area contributed by atoms with Crippen molar-refractivity contribution in [3.8, 4) is 0 Å². The van der Waals surface area contributed by atoms with Crippen molar-refractivity contribution >= 4 is 11.8 Å². The van der Waals surface area contributed by atoms with Gasteiger partial charge < -0.3 is 4.74 Å². The molecule has 1 saturated carbocycles. The standard InChI is InChI=1S/C15H26O3/c1-10-6-8-12(9-7-10)13(16)11(2)14(17)18-15(3,4)5/h10-12H,6-9H2,1-5H3. The van der Waals surface area contributed by atoms with Gasteiger partial charge in [-0.2, -0.15) is 0 Å². The van der Waals surface area contributed by atoms with E-state index in [1.807, 2.05) is 20.8 Å². The number of rotatable bonds is 3. The molecule has 18 heavy (non-hydrogen) atoms. The van der Waals surface area contributed by atoms with E-state index >= 15 is 0 Å². The molecular weight excluding hydrogens is 228 g/mol. The Kier molecular flexibility index (Phi) is 4.94. The van der Waals surface area contributed by atoms with Gasteiger partial charge in [-0.3, -0.25) is 9.59 Å². The fourth-order valence-corrected chi connectivity index (χ4v) is 2.40. The summed E-state index contributed by atoms with van der Waals surface area (Å²) in [6.45, 7) is 9.37. The van der Waals surface area contributed by atoms with Crippen molar-refractivity contribution in [2.45, 2.75) is 65.9 Å². The molecule has 0 aliphatic heterocycles. The van der Waals surface area contributed by atoms with E-state index in [1.54, 1.807) is 6.92 Å². The Hall–Kier alpha value is -0.860. The summed E-state index contributed by atoms with van der Waals surface area (Å²) in [5.74, 6) is -0.167. The summed E-state index contributed by atoms with van der Waals surface area (Å²) in [5.41, 5.74) is -0.521. The minimum atomic E-state index is -0.623. The van der Waals surface area contributed by atoms with E-state index in [9.17, 15) is 9.59 Å². The average molecular weight is 254 g/mol. The molecule has 0 saturated heterocycles. The van der Waals surface area contributed by atoms with E-state index in [1.165, 1.54) is 0 Å². The predicted molar refractivity (Wildman–Crippen MR) is 71.1 cm³/mol. The molecule has 1 aliphatic carbocycles. The van der Waals surface area contributed by atoms with E-state index in [2.05, 4.69) is 6.92 Å². The highest BCUT2D eigenvalue weighted by Crippen LogP contribution is 2.30. The minimum Gasteiger partial charge on any atom is -0.459 e. The average Bonchev–Trinajstić information content (AvgIpc) is 2.26. The largest absolute Gasteiger partial charge is 0.459 e. The molecule has 0 aromatic heterocycles. The van der Waals surface area contributed by atoms with E-state index in [4.69, 9.17) is 4.74 Å². The van der Waals surface area contributed by atoms with Gasteiger partial charge in [0.1, 0.15) is 17.3 Å². The summed E-state index contributed by atoms with van der Waals surface area (Å²) < 4.78 is 5.27. The van der Waals surface area contributed by atoms with Gasteiger partial charge >= 0.3 is 5.97 Å². The third kappa shape index (κ3) is 4.43. The molecule has 0 heterocycles. The quantitative estimate of drug-likeness (QED) is 0.573. The smallest absolute Gasteiger partial charge is 0.316 e. The van der Waals surface area contributed by atoms with Crippen molar-refractivity contribution in [2.75, 3.05) is 0 Å². The van der Waals surface area contributed by atoms with Gasteiger partial charge in [0.15, 0.2) is 0 Å². The molecule has 3 nitrogen and oxygen atoms in total. The third-order valence-electron chi connectivity index (χ3n) is 3.61. The predicted octanol–water partition coefficient (Wildman–Crippen LogP) is 3.36. The Morgan fingerprint density at radius 1 is 1.11 bits per heavy atom. The Morgan fingerprint density at radius 3 is 2.06 bits per heavy atom. The van der Waals surface area contributed by atoms with Crippen molar-refractivity contribution in [3.63, 3.8) is 0 Å². The molecule has 0 radical (unpaired) electrons. The molecular formula is C15H26O3. The van der Waals surface area contributed by atoms with Crippen LogP contribution in [0.25, 0.3) is 0 Å². The van der Waals surface area contributed by atoms with Crippen LogP contribution >= 0.6 is 0 Å². The lowest BCUT2D eigenvalue weighted by atomic mass is 9.78. The lowest BCUT2D eigenvalue weighted by molar-refractivity contribution is -0.162.